The van der Waals surface area contributed by atoms with Crippen LogP contribution in [0, 0.1) is 0 Å². The maximum absolute atomic E-state index is 8.66. The third-order valence-electron chi connectivity index (χ3n) is 0. The van der Waals surface area contributed by atoms with E-state index in [-0.39, 0.29) is 70.4 Å². The van der Waals surface area contributed by atoms with Crippen molar-refractivity contribution < 1.29 is 51.9 Å². The van der Waals surface area contributed by atoms with E-state index in [4.69, 9.17) is 19.2 Å². The van der Waals surface area contributed by atoms with Crippen LogP contribution < -0.4 is 9.79 Å². The zero-order chi connectivity index (χ0) is 4.50. The van der Waals surface area contributed by atoms with Gasteiger partial charge in [0.2, 0.25) is 0 Å². The van der Waals surface area contributed by atoms with Crippen molar-refractivity contribution in [2.24, 2.45) is 0 Å². The molecule has 0 unspecified atom stereocenters. The van der Waals surface area contributed by atoms with Gasteiger partial charge in [0.05, 0.1) is 7.82 Å². The third-order valence-corrected chi connectivity index (χ3v) is 0. The molecule has 9 heteroatoms. The van der Waals surface area contributed by atoms with Crippen LogP contribution in [0.5, 0.6) is 0 Å². The molecule has 48 valence electrons. The summed E-state index contributed by atoms with van der Waals surface area (Å²) in [5.74, 6) is 0. The summed E-state index contributed by atoms with van der Waals surface area (Å²) >= 11 is 0. The van der Waals surface area contributed by atoms with E-state index in [0.29, 0.717) is 0 Å². The van der Waals surface area contributed by atoms with E-state index in [1.54, 1.807) is 0 Å². The molecule has 0 aliphatic rings. The van der Waals surface area contributed by atoms with Crippen LogP contribution in [0.15, 0.2) is 0 Å². The summed E-state index contributed by atoms with van der Waals surface area (Å²) in [5.41, 5.74) is 0. The van der Waals surface area contributed by atoms with Crippen molar-refractivity contribution >= 4 is 45.6 Å². The van der Waals surface area contributed by atoms with Crippen molar-refractivity contribution in [1.29, 1.82) is 0 Å². The molecule has 1 N–H and O–H groups in total. The standard InChI is InChI=1S/Ca.H3O4P.2O.Ti/c;1-5(2,3)4;;;/h;(H3,1,2,3,4);;;/q+2;;2*-2;+4/p-2. The second kappa shape index (κ2) is 12.7. The number of rotatable bonds is 0. The quantitative estimate of drug-likeness (QED) is 0.344. The van der Waals surface area contributed by atoms with Crippen molar-refractivity contribution in [2.45, 2.75) is 0 Å². The zero-order valence-electron chi connectivity index (χ0n) is 4.14. The van der Waals surface area contributed by atoms with Gasteiger partial charge in [-0.25, -0.2) is 0 Å². The zero-order valence-corrected chi connectivity index (χ0v) is 8.81. The molecule has 0 bridgehead atoms. The average molecular weight is 216 g/mol. The first-order valence-corrected chi connectivity index (χ1v) is 2.24. The number of phosphoric acid groups is 1. The van der Waals surface area contributed by atoms with Crippen molar-refractivity contribution in [2.75, 3.05) is 0 Å². The Hall–Kier alpha value is 2.00. The normalized spacial score (nSPS) is 6.56. The molecule has 0 atom stereocenters. The van der Waals surface area contributed by atoms with E-state index in [1.165, 1.54) is 0 Å². The smallest absolute Gasteiger partial charge is 2.00 e. The molecule has 0 fully saturated rings. The Balaban J connectivity index is -0.0000000133. The third kappa shape index (κ3) is 160. The minimum absolute atomic E-state index is 0. The van der Waals surface area contributed by atoms with Crippen LogP contribution >= 0.6 is 7.82 Å². The molecule has 0 saturated heterocycles. The molecule has 6 nitrogen and oxygen atoms in total. The maximum Gasteiger partial charge on any atom is 4.00 e. The first-order chi connectivity index (χ1) is 2.00. The van der Waals surface area contributed by atoms with Gasteiger partial charge in [-0.2, -0.15) is 0 Å². The predicted octanol–water partition coefficient (Wildman–Crippen LogP) is -2.81. The molecule has 0 amide bonds. The van der Waals surface area contributed by atoms with Gasteiger partial charge in [-0.05, 0) is 0 Å². The second-order valence-electron chi connectivity index (χ2n) is 0.469. The van der Waals surface area contributed by atoms with Gasteiger partial charge < -0.3 is 30.2 Å². The van der Waals surface area contributed by atoms with E-state index >= 15 is 0 Å². The molecule has 0 heterocycles. The van der Waals surface area contributed by atoms with Gasteiger partial charge >= 0.3 is 59.5 Å². The van der Waals surface area contributed by atoms with Crippen molar-refractivity contribution in [3.63, 3.8) is 0 Å². The van der Waals surface area contributed by atoms with Gasteiger partial charge in [0.15, 0.2) is 0 Å². The molecule has 0 saturated carbocycles. The summed E-state index contributed by atoms with van der Waals surface area (Å²) < 4.78 is 8.66. The van der Waals surface area contributed by atoms with Gasteiger partial charge in [-0.1, -0.05) is 0 Å². The van der Waals surface area contributed by atoms with E-state index in [2.05, 4.69) is 0 Å². The van der Waals surface area contributed by atoms with Gasteiger partial charge in [0.25, 0.3) is 0 Å². The Kier molecular flexibility index (Phi) is 43.0. The second-order valence-corrected chi connectivity index (χ2v) is 1.41. The van der Waals surface area contributed by atoms with Gasteiger partial charge in [-0.15, -0.1) is 0 Å². The summed E-state index contributed by atoms with van der Waals surface area (Å²) in [5, 5.41) is 0. The Morgan fingerprint density at radius 1 is 1.22 bits per heavy atom. The molecule has 0 aromatic heterocycles. The van der Waals surface area contributed by atoms with E-state index in [1.807, 2.05) is 0 Å². The Bertz CT molecular complexity index is 59.2. The summed E-state index contributed by atoms with van der Waals surface area (Å²) in [6, 6.07) is 0. The van der Waals surface area contributed by atoms with Gasteiger partial charge in [0.1, 0.15) is 0 Å². The Morgan fingerprint density at radius 2 is 1.22 bits per heavy atom. The molecular formula is HCaO6PTi. The topological polar surface area (TPSA) is 140 Å². The summed E-state index contributed by atoms with van der Waals surface area (Å²) in [7, 11) is -5.14. The molecule has 0 aromatic carbocycles. The molecule has 0 rings (SSSR count). The fraction of sp³-hybridized carbons (Fsp3) is 0. The van der Waals surface area contributed by atoms with Gasteiger partial charge in [-0.3, -0.25) is 0 Å². The van der Waals surface area contributed by atoms with Crippen molar-refractivity contribution in [3.8, 4) is 0 Å². The Labute approximate surface area is 96.4 Å². The molecule has 0 spiro atoms. The molecule has 9 heavy (non-hydrogen) atoms. The van der Waals surface area contributed by atoms with Crippen LogP contribution in [-0.2, 0) is 37.2 Å². The van der Waals surface area contributed by atoms with Crippen LogP contribution in [0.3, 0.4) is 0 Å². The van der Waals surface area contributed by atoms with E-state index < -0.39 is 7.82 Å². The van der Waals surface area contributed by atoms with Crippen LogP contribution in [0.25, 0.3) is 0 Å². The molecule has 0 radical (unpaired) electrons. The number of hydrogen-bond acceptors (Lipinski definition) is 3. The summed E-state index contributed by atoms with van der Waals surface area (Å²) in [6.07, 6.45) is 0. The Morgan fingerprint density at radius 3 is 1.22 bits per heavy atom. The van der Waals surface area contributed by atoms with E-state index in [0.717, 1.165) is 0 Å². The average Bonchev–Trinajstić information content (AvgIpc) is 0.722. The van der Waals surface area contributed by atoms with Crippen LogP contribution in [-0.4, -0.2) is 42.6 Å². The maximum atomic E-state index is 8.66. The summed E-state index contributed by atoms with van der Waals surface area (Å²) in [6.45, 7) is 0. The first kappa shape index (κ1) is 30.6. The van der Waals surface area contributed by atoms with Crippen LogP contribution in [0.1, 0.15) is 0 Å². The first-order valence-electron chi connectivity index (χ1n) is 0.748. The van der Waals surface area contributed by atoms with Gasteiger partial charge in [0, 0.05) is 0 Å². The number of hydrogen-bond donors (Lipinski definition) is 1. The van der Waals surface area contributed by atoms with E-state index in [9.17, 15) is 0 Å². The molecule has 0 aliphatic carbocycles. The summed E-state index contributed by atoms with van der Waals surface area (Å²) in [4.78, 5) is 24.3. The molecule has 0 aromatic rings. The SMILES string of the molecule is O=P([O-])([O-])O.[Ca+2].[O-2].[O-2].[Ti+4]. The largest absolute Gasteiger partial charge is 4.00 e. The monoisotopic (exact) mass is 216 g/mol. The van der Waals surface area contributed by atoms with Crippen LogP contribution in [0.2, 0.25) is 0 Å². The minimum Gasteiger partial charge on any atom is -2.00 e. The minimum atomic E-state index is -5.14. The predicted molar refractivity (Wildman–Crippen MR) is 17.0 cm³/mol. The molecular weight excluding hydrogens is 215 g/mol. The van der Waals surface area contributed by atoms with Crippen LogP contribution in [0.4, 0.5) is 0 Å². The molecule has 0 aliphatic heterocycles. The van der Waals surface area contributed by atoms with Crippen molar-refractivity contribution in [1.82, 2.24) is 0 Å². The fourth-order valence-electron chi connectivity index (χ4n) is 0. The van der Waals surface area contributed by atoms with Crippen molar-refractivity contribution in [3.05, 3.63) is 0 Å². The fourth-order valence-corrected chi connectivity index (χ4v) is 0.